The fourth-order valence-electron chi connectivity index (χ4n) is 2.92. The lowest BCUT2D eigenvalue weighted by molar-refractivity contribution is 0.297. The van der Waals surface area contributed by atoms with Crippen molar-refractivity contribution < 1.29 is 18.6 Å². The number of sulfone groups is 1. The minimum Gasteiger partial charge on any atom is -0.506 e. The molecular formula is C21H19Cl2NO4S. The summed E-state index contributed by atoms with van der Waals surface area (Å²) in [5, 5.41) is 22.9. The molecule has 29 heavy (non-hydrogen) atoms. The van der Waals surface area contributed by atoms with Gasteiger partial charge in [-0.1, -0.05) is 41.4 Å². The Morgan fingerprint density at radius 3 is 2.31 bits per heavy atom. The van der Waals surface area contributed by atoms with Gasteiger partial charge in [-0.15, -0.1) is 0 Å². The van der Waals surface area contributed by atoms with Crippen LogP contribution in [0.3, 0.4) is 0 Å². The van der Waals surface area contributed by atoms with E-state index in [4.69, 9.17) is 28.3 Å². The van der Waals surface area contributed by atoms with Crippen LogP contribution in [0.4, 0.5) is 5.69 Å². The number of phenolic OH excluding ortho intramolecular Hbond substituents is 1. The number of aliphatic hydroxyl groups is 1. The van der Waals surface area contributed by atoms with E-state index in [-0.39, 0.29) is 40.1 Å². The molecular weight excluding hydrogens is 433 g/mol. The molecule has 0 bridgehead atoms. The number of aromatic hydroxyl groups is 1. The molecule has 0 fully saturated rings. The molecule has 8 heteroatoms. The zero-order chi connectivity index (χ0) is 21.0. The number of hydrogen-bond donors (Lipinski definition) is 3. The average Bonchev–Trinajstić information content (AvgIpc) is 2.70. The van der Waals surface area contributed by atoms with Crippen molar-refractivity contribution >= 4 is 38.7 Å². The van der Waals surface area contributed by atoms with Crippen LogP contribution in [0.15, 0.2) is 70.5 Å². The summed E-state index contributed by atoms with van der Waals surface area (Å²) in [6, 6.07) is 16.0. The average molecular weight is 452 g/mol. The number of hydrogen-bond acceptors (Lipinski definition) is 5. The molecule has 152 valence electrons. The van der Waals surface area contributed by atoms with E-state index in [1.165, 1.54) is 24.3 Å². The molecule has 3 rings (SSSR count). The summed E-state index contributed by atoms with van der Waals surface area (Å²) in [5.74, 6) is -0.0722. The van der Waals surface area contributed by atoms with Crippen LogP contribution in [-0.4, -0.2) is 25.2 Å². The molecule has 0 saturated heterocycles. The Morgan fingerprint density at radius 2 is 1.62 bits per heavy atom. The molecule has 3 N–H and O–H groups in total. The number of nitrogens with one attached hydrogen (secondary N) is 1. The second-order valence-electron chi connectivity index (χ2n) is 6.36. The van der Waals surface area contributed by atoms with Gasteiger partial charge in [-0.05, 0) is 60.0 Å². The molecule has 0 aliphatic carbocycles. The lowest BCUT2D eigenvalue weighted by Crippen LogP contribution is -2.09. The number of rotatable bonds is 7. The van der Waals surface area contributed by atoms with Crippen molar-refractivity contribution in [2.24, 2.45) is 0 Å². The van der Waals surface area contributed by atoms with Crippen LogP contribution in [0.25, 0.3) is 0 Å². The number of aliphatic hydroxyl groups excluding tert-OH is 1. The zero-order valence-electron chi connectivity index (χ0n) is 15.3. The van der Waals surface area contributed by atoms with Gasteiger partial charge in [0, 0.05) is 23.9 Å². The van der Waals surface area contributed by atoms with Crippen molar-refractivity contribution in [2.45, 2.75) is 22.8 Å². The topological polar surface area (TPSA) is 86.6 Å². The summed E-state index contributed by atoms with van der Waals surface area (Å²) in [6.07, 6.45) is 0.253. The smallest absolute Gasteiger partial charge is 0.206 e. The summed E-state index contributed by atoms with van der Waals surface area (Å²) in [6.45, 7) is 0.0954. The van der Waals surface area contributed by atoms with Crippen LogP contribution in [0, 0.1) is 0 Å². The number of phenols is 1. The van der Waals surface area contributed by atoms with Gasteiger partial charge in [0.25, 0.3) is 0 Å². The van der Waals surface area contributed by atoms with Crippen molar-refractivity contribution in [3.8, 4) is 5.75 Å². The molecule has 0 atom stereocenters. The van der Waals surface area contributed by atoms with Gasteiger partial charge in [-0.3, -0.25) is 0 Å². The Morgan fingerprint density at radius 1 is 0.931 bits per heavy atom. The molecule has 0 spiro atoms. The van der Waals surface area contributed by atoms with Gasteiger partial charge in [0.2, 0.25) is 9.84 Å². The summed E-state index contributed by atoms with van der Waals surface area (Å²) >= 11 is 11.9. The van der Waals surface area contributed by atoms with Gasteiger partial charge in [-0.2, -0.15) is 0 Å². The highest BCUT2D eigenvalue weighted by Crippen LogP contribution is 2.32. The first-order valence-corrected chi connectivity index (χ1v) is 11.0. The normalized spacial score (nSPS) is 11.4. The summed E-state index contributed by atoms with van der Waals surface area (Å²) < 4.78 is 26.1. The first kappa shape index (κ1) is 21.5. The second-order valence-corrected chi connectivity index (χ2v) is 9.12. The molecule has 0 aliphatic rings. The molecule has 3 aromatic carbocycles. The lowest BCUT2D eigenvalue weighted by atomic mass is 10.1. The maximum absolute atomic E-state index is 13.1. The molecule has 3 aromatic rings. The Balaban J connectivity index is 1.90. The molecule has 0 radical (unpaired) electrons. The fraction of sp³-hybridized carbons (Fsp3) is 0.143. The Bertz CT molecular complexity index is 1120. The van der Waals surface area contributed by atoms with E-state index in [1.54, 1.807) is 36.4 Å². The third-order valence-electron chi connectivity index (χ3n) is 4.39. The molecule has 0 saturated carbocycles. The van der Waals surface area contributed by atoms with E-state index in [0.29, 0.717) is 21.8 Å². The Hall–Kier alpha value is -2.25. The van der Waals surface area contributed by atoms with Crippen LogP contribution >= 0.6 is 23.2 Å². The highest BCUT2D eigenvalue weighted by molar-refractivity contribution is 7.91. The van der Waals surface area contributed by atoms with Crippen LogP contribution in [0.1, 0.15) is 11.1 Å². The van der Waals surface area contributed by atoms with E-state index < -0.39 is 9.84 Å². The van der Waals surface area contributed by atoms with E-state index in [2.05, 4.69) is 5.32 Å². The first-order valence-electron chi connectivity index (χ1n) is 8.77. The predicted molar refractivity (Wildman–Crippen MR) is 115 cm³/mol. The standard InChI is InChI=1S/C21H19Cl2NO4S/c22-16-5-7-18(8-6-16)29(27,28)20-4-2-1-3-15(20)13-24-17-11-14(9-10-25)21(26)19(23)12-17/h1-8,11-12,24-26H,9-10,13H2. The third-order valence-corrected chi connectivity index (χ3v) is 6.80. The van der Waals surface area contributed by atoms with Crippen LogP contribution < -0.4 is 5.32 Å². The third kappa shape index (κ3) is 4.85. The van der Waals surface area contributed by atoms with Gasteiger partial charge in [0.15, 0.2) is 0 Å². The maximum atomic E-state index is 13.1. The minimum atomic E-state index is -3.72. The van der Waals surface area contributed by atoms with E-state index in [0.717, 1.165) is 0 Å². The Kier molecular flexibility index (Phi) is 6.70. The summed E-state index contributed by atoms with van der Waals surface area (Å²) in [7, 11) is -3.72. The molecule has 0 aromatic heterocycles. The van der Waals surface area contributed by atoms with Crippen LogP contribution in [0.5, 0.6) is 5.75 Å². The van der Waals surface area contributed by atoms with Crippen LogP contribution in [-0.2, 0) is 22.8 Å². The van der Waals surface area contributed by atoms with Crippen LogP contribution in [0.2, 0.25) is 10.0 Å². The monoisotopic (exact) mass is 451 g/mol. The van der Waals surface area contributed by atoms with E-state index >= 15 is 0 Å². The minimum absolute atomic E-state index is 0.0722. The molecule has 0 aliphatic heterocycles. The quantitative estimate of drug-likeness (QED) is 0.454. The Labute approximate surface area is 179 Å². The highest BCUT2D eigenvalue weighted by Gasteiger charge is 2.21. The number of anilines is 1. The second kappa shape index (κ2) is 9.05. The van der Waals surface area contributed by atoms with E-state index in [1.807, 2.05) is 0 Å². The zero-order valence-corrected chi connectivity index (χ0v) is 17.6. The van der Waals surface area contributed by atoms with Crippen molar-refractivity contribution in [3.05, 3.63) is 81.8 Å². The van der Waals surface area contributed by atoms with Gasteiger partial charge in [0.05, 0.1) is 14.8 Å². The maximum Gasteiger partial charge on any atom is 0.206 e. The molecule has 0 heterocycles. The predicted octanol–water partition coefficient (Wildman–Crippen LogP) is 4.68. The number of benzene rings is 3. The van der Waals surface area contributed by atoms with Gasteiger partial charge in [0.1, 0.15) is 5.75 Å². The number of halogens is 2. The fourth-order valence-corrected chi connectivity index (χ4v) is 4.78. The molecule has 0 unspecified atom stereocenters. The van der Waals surface area contributed by atoms with Crippen molar-refractivity contribution in [1.82, 2.24) is 0 Å². The van der Waals surface area contributed by atoms with Crippen molar-refractivity contribution in [3.63, 3.8) is 0 Å². The van der Waals surface area contributed by atoms with Crippen molar-refractivity contribution in [1.29, 1.82) is 0 Å². The van der Waals surface area contributed by atoms with Gasteiger partial charge in [-0.25, -0.2) is 8.42 Å². The van der Waals surface area contributed by atoms with Gasteiger partial charge < -0.3 is 15.5 Å². The highest BCUT2D eigenvalue weighted by atomic mass is 35.5. The molecule has 5 nitrogen and oxygen atoms in total. The SMILES string of the molecule is O=S(=O)(c1ccc(Cl)cc1)c1ccccc1CNc1cc(Cl)c(O)c(CCO)c1. The summed E-state index contributed by atoms with van der Waals surface area (Å²) in [5.41, 5.74) is 1.69. The van der Waals surface area contributed by atoms with Crippen molar-refractivity contribution in [2.75, 3.05) is 11.9 Å². The molecule has 0 amide bonds. The first-order chi connectivity index (χ1) is 13.8. The lowest BCUT2D eigenvalue weighted by Gasteiger charge is -2.14. The summed E-state index contributed by atoms with van der Waals surface area (Å²) in [4.78, 5) is 0.350. The van der Waals surface area contributed by atoms with E-state index in [9.17, 15) is 13.5 Å². The largest absolute Gasteiger partial charge is 0.506 e. The van der Waals surface area contributed by atoms with Gasteiger partial charge >= 0.3 is 0 Å².